The second-order valence-corrected chi connectivity index (χ2v) is 12.2. The third-order valence-corrected chi connectivity index (χ3v) is 8.12. The average molecular weight is 567 g/mol. The molecule has 2 fully saturated rings. The lowest BCUT2D eigenvalue weighted by Gasteiger charge is -2.63. The molecule has 2 amide bonds. The number of ether oxygens (including phenoxy) is 2. The summed E-state index contributed by atoms with van der Waals surface area (Å²) in [5.74, 6) is -0.857. The minimum atomic E-state index is -1.39. The normalized spacial score (nSPS) is 23.5. The highest BCUT2D eigenvalue weighted by atomic mass is 16.6. The fourth-order valence-corrected chi connectivity index (χ4v) is 6.33. The van der Waals surface area contributed by atoms with Crippen LogP contribution in [-0.2, 0) is 25.5 Å². The standard InChI is InChI=1S/C35H38N2O5/c1-6-22-35(36-28(24-41-32(36)40)26-18-12-8-13-19-26)29(27-20-14-9-15-21-27)37(30(35)38)34(5,31(39)42-33(2,3)4)23-25-16-10-7-11-17-25/h6-21,28-29H,1,22-24H2,2-5H3/t28-,29-,34-,35-/m1/s1. The SMILES string of the molecule is C=CC[C@]1(N2C(=O)OC[C@@H]2c2ccccc2)C(=O)N([C@](C)(Cc2ccccc2)C(=O)OC(C)(C)C)[C@@H]1c1ccccc1. The molecule has 218 valence electrons. The maximum absolute atomic E-state index is 14.9. The molecule has 0 radical (unpaired) electrons. The predicted molar refractivity (Wildman–Crippen MR) is 160 cm³/mol. The molecule has 7 heteroatoms. The molecule has 0 unspecified atom stereocenters. The van der Waals surface area contributed by atoms with E-state index >= 15 is 0 Å². The van der Waals surface area contributed by atoms with Crippen LogP contribution in [-0.4, -0.2) is 51.1 Å². The third-order valence-electron chi connectivity index (χ3n) is 8.12. The van der Waals surface area contributed by atoms with Gasteiger partial charge >= 0.3 is 12.1 Å². The van der Waals surface area contributed by atoms with Crippen LogP contribution >= 0.6 is 0 Å². The minimum Gasteiger partial charge on any atom is -0.458 e. The molecule has 5 rings (SSSR count). The van der Waals surface area contributed by atoms with E-state index in [4.69, 9.17) is 9.47 Å². The smallest absolute Gasteiger partial charge is 0.411 e. The Bertz CT molecular complexity index is 1450. The van der Waals surface area contributed by atoms with Crippen LogP contribution in [0, 0.1) is 0 Å². The molecule has 2 saturated heterocycles. The zero-order chi connectivity index (χ0) is 30.1. The van der Waals surface area contributed by atoms with Gasteiger partial charge in [-0.15, -0.1) is 6.58 Å². The molecule has 2 aliphatic heterocycles. The summed E-state index contributed by atoms with van der Waals surface area (Å²) < 4.78 is 11.6. The summed E-state index contributed by atoms with van der Waals surface area (Å²) >= 11 is 0. The van der Waals surface area contributed by atoms with Gasteiger partial charge in [-0.05, 0) is 50.8 Å². The first-order valence-corrected chi connectivity index (χ1v) is 14.3. The van der Waals surface area contributed by atoms with Crippen molar-refractivity contribution in [3.05, 3.63) is 120 Å². The molecular formula is C35H38N2O5. The molecule has 2 heterocycles. The molecule has 7 nitrogen and oxygen atoms in total. The molecule has 0 aromatic heterocycles. The number of hydrogen-bond acceptors (Lipinski definition) is 5. The Morgan fingerprint density at radius 1 is 0.929 bits per heavy atom. The van der Waals surface area contributed by atoms with Gasteiger partial charge in [0.05, 0.1) is 12.1 Å². The van der Waals surface area contributed by atoms with Crippen LogP contribution in [0.15, 0.2) is 104 Å². The Morgan fingerprint density at radius 2 is 1.48 bits per heavy atom. The van der Waals surface area contributed by atoms with Crippen LogP contribution in [0.2, 0.25) is 0 Å². The Kier molecular flexibility index (Phi) is 7.71. The maximum atomic E-state index is 14.9. The van der Waals surface area contributed by atoms with Crippen molar-refractivity contribution in [3.8, 4) is 0 Å². The Hall–Kier alpha value is -4.39. The highest BCUT2D eigenvalue weighted by molar-refractivity contribution is 6.02. The molecule has 3 aromatic rings. The number of β-lactam (4-membered cyclic amide) rings is 1. The Balaban J connectivity index is 1.69. The van der Waals surface area contributed by atoms with E-state index in [1.807, 2.05) is 112 Å². The highest BCUT2D eigenvalue weighted by Crippen LogP contribution is 2.56. The van der Waals surface area contributed by atoms with Gasteiger partial charge in [-0.3, -0.25) is 9.69 Å². The van der Waals surface area contributed by atoms with Crippen molar-refractivity contribution in [3.63, 3.8) is 0 Å². The van der Waals surface area contributed by atoms with Gasteiger partial charge in [-0.1, -0.05) is 97.1 Å². The number of likely N-dealkylation sites (tertiary alicyclic amines) is 1. The Labute approximate surface area is 247 Å². The molecule has 2 aliphatic rings. The van der Waals surface area contributed by atoms with Gasteiger partial charge in [0.2, 0.25) is 0 Å². The van der Waals surface area contributed by atoms with E-state index < -0.39 is 40.8 Å². The fraction of sp³-hybridized carbons (Fsp3) is 0.343. The fourth-order valence-electron chi connectivity index (χ4n) is 6.33. The number of cyclic esters (lactones) is 1. The van der Waals surface area contributed by atoms with Crippen LogP contribution in [0.1, 0.15) is 62.9 Å². The summed E-state index contributed by atoms with van der Waals surface area (Å²) in [5, 5.41) is 0. The van der Waals surface area contributed by atoms with E-state index in [0.717, 1.165) is 16.7 Å². The zero-order valence-electron chi connectivity index (χ0n) is 24.7. The van der Waals surface area contributed by atoms with E-state index in [-0.39, 0.29) is 25.4 Å². The van der Waals surface area contributed by atoms with Gasteiger partial charge in [0.15, 0.2) is 5.54 Å². The van der Waals surface area contributed by atoms with Gasteiger partial charge in [0.1, 0.15) is 17.7 Å². The van der Waals surface area contributed by atoms with Gasteiger partial charge in [-0.2, -0.15) is 0 Å². The number of hydrogen-bond donors (Lipinski definition) is 0. The van der Waals surface area contributed by atoms with Gasteiger partial charge in [0.25, 0.3) is 5.91 Å². The van der Waals surface area contributed by atoms with Crippen molar-refractivity contribution < 1.29 is 23.9 Å². The molecule has 0 saturated carbocycles. The number of nitrogens with zero attached hydrogens (tertiary/aromatic N) is 2. The summed E-state index contributed by atoms with van der Waals surface area (Å²) in [5.41, 5.74) is -0.979. The van der Waals surface area contributed by atoms with Crippen molar-refractivity contribution in [2.75, 3.05) is 6.61 Å². The molecule has 4 atom stereocenters. The second kappa shape index (κ2) is 11.1. The van der Waals surface area contributed by atoms with Crippen molar-refractivity contribution in [1.82, 2.24) is 9.80 Å². The summed E-state index contributed by atoms with van der Waals surface area (Å²) in [6, 6.07) is 27.6. The molecule has 0 N–H and O–H groups in total. The summed E-state index contributed by atoms with van der Waals surface area (Å²) in [7, 11) is 0. The van der Waals surface area contributed by atoms with Crippen LogP contribution < -0.4 is 0 Å². The first-order chi connectivity index (χ1) is 20.0. The maximum Gasteiger partial charge on any atom is 0.411 e. The topological polar surface area (TPSA) is 76.2 Å². The number of carbonyl (C=O) groups excluding carboxylic acids is 3. The predicted octanol–water partition coefficient (Wildman–Crippen LogP) is 6.42. The van der Waals surface area contributed by atoms with Gasteiger partial charge < -0.3 is 14.4 Å². The first-order valence-electron chi connectivity index (χ1n) is 14.3. The highest BCUT2D eigenvalue weighted by Gasteiger charge is 2.72. The summed E-state index contributed by atoms with van der Waals surface area (Å²) in [6.45, 7) is 11.3. The van der Waals surface area contributed by atoms with Crippen LogP contribution in [0.5, 0.6) is 0 Å². The van der Waals surface area contributed by atoms with Crippen LogP contribution in [0.25, 0.3) is 0 Å². The molecule has 42 heavy (non-hydrogen) atoms. The Morgan fingerprint density at radius 3 is 2.02 bits per heavy atom. The number of rotatable bonds is 9. The van der Waals surface area contributed by atoms with E-state index in [1.165, 1.54) is 0 Å². The molecular weight excluding hydrogens is 528 g/mol. The van der Waals surface area contributed by atoms with E-state index in [9.17, 15) is 14.4 Å². The second-order valence-electron chi connectivity index (χ2n) is 12.2. The van der Waals surface area contributed by atoms with Gasteiger partial charge in [0, 0.05) is 6.42 Å². The van der Waals surface area contributed by atoms with Crippen molar-refractivity contribution in [2.45, 2.75) is 69.3 Å². The molecule has 3 aromatic carbocycles. The van der Waals surface area contributed by atoms with Crippen LogP contribution in [0.3, 0.4) is 0 Å². The van der Waals surface area contributed by atoms with E-state index in [0.29, 0.717) is 0 Å². The van der Waals surface area contributed by atoms with E-state index in [1.54, 1.807) is 22.8 Å². The first kappa shape index (κ1) is 29.1. The van der Waals surface area contributed by atoms with Crippen molar-refractivity contribution in [2.24, 2.45) is 0 Å². The molecule has 0 aliphatic carbocycles. The monoisotopic (exact) mass is 566 g/mol. The van der Waals surface area contributed by atoms with Crippen molar-refractivity contribution >= 4 is 18.0 Å². The third kappa shape index (κ3) is 4.97. The average Bonchev–Trinajstić information content (AvgIpc) is 3.36. The van der Waals surface area contributed by atoms with Crippen LogP contribution in [0.4, 0.5) is 4.79 Å². The lowest BCUT2D eigenvalue weighted by molar-refractivity contribution is -0.203. The lowest BCUT2D eigenvalue weighted by Crippen LogP contribution is -2.81. The minimum absolute atomic E-state index is 0.115. The number of esters is 1. The number of carbonyl (C=O) groups is 3. The zero-order valence-corrected chi connectivity index (χ0v) is 24.7. The quantitative estimate of drug-likeness (QED) is 0.170. The summed E-state index contributed by atoms with van der Waals surface area (Å²) in [4.78, 5) is 45.8. The molecule has 0 bridgehead atoms. The summed E-state index contributed by atoms with van der Waals surface area (Å²) in [6.07, 6.45) is 1.51. The van der Waals surface area contributed by atoms with Crippen molar-refractivity contribution in [1.29, 1.82) is 0 Å². The van der Waals surface area contributed by atoms with Gasteiger partial charge in [-0.25, -0.2) is 9.59 Å². The van der Waals surface area contributed by atoms with E-state index in [2.05, 4.69) is 6.58 Å². The number of amides is 2. The largest absolute Gasteiger partial charge is 0.458 e. The number of benzene rings is 3. The lowest BCUT2D eigenvalue weighted by atomic mass is 9.67. The molecule has 0 spiro atoms.